The lowest BCUT2D eigenvalue weighted by atomic mass is 9.98. The Morgan fingerprint density at radius 1 is 0.857 bits per heavy atom. The van der Waals surface area contributed by atoms with Crippen LogP contribution >= 0.6 is 35.6 Å². The number of hydrogen-bond donors (Lipinski definition) is 0. The molecule has 0 aliphatic heterocycles. The summed E-state index contributed by atoms with van der Waals surface area (Å²) in [5.74, 6) is 0. The number of rotatable bonds is 5. The molecule has 0 bridgehead atoms. The van der Waals surface area contributed by atoms with Gasteiger partial charge in [0.05, 0.1) is 41.7 Å². The molecule has 1 aliphatic carbocycles. The Morgan fingerprint density at radius 2 is 1.36 bits per heavy atom. The van der Waals surface area contributed by atoms with Crippen molar-refractivity contribution in [2.75, 3.05) is 0 Å². The minimum atomic E-state index is -3.51. The van der Waals surface area contributed by atoms with Crippen molar-refractivity contribution in [3.05, 3.63) is 0 Å². The molecular formula is C6H11Cl3O4Si. The molecule has 0 aromatic carbocycles. The molecule has 0 N–H and O–H groups in total. The lowest BCUT2D eigenvalue weighted by molar-refractivity contribution is 0.0367. The monoisotopic (exact) mass is 280 g/mol. The van der Waals surface area contributed by atoms with Gasteiger partial charge >= 0.3 is 9.05 Å². The van der Waals surface area contributed by atoms with Gasteiger partial charge < -0.3 is 4.43 Å². The molecule has 0 heterocycles. The van der Waals surface area contributed by atoms with Gasteiger partial charge in [-0.1, -0.05) is 19.3 Å². The van der Waals surface area contributed by atoms with Crippen LogP contribution < -0.4 is 0 Å². The van der Waals surface area contributed by atoms with E-state index in [0.717, 1.165) is 25.7 Å². The van der Waals surface area contributed by atoms with Crippen LogP contribution in [-0.2, 0) is 16.4 Å². The van der Waals surface area contributed by atoms with Crippen LogP contribution in [0.3, 0.4) is 0 Å². The van der Waals surface area contributed by atoms with Gasteiger partial charge in [0.1, 0.15) is 0 Å². The Hall–Kier alpha value is 0.927. The fourth-order valence-corrected chi connectivity index (χ4v) is 3.49. The van der Waals surface area contributed by atoms with Crippen molar-refractivity contribution >= 4 is 44.6 Å². The smallest absolute Gasteiger partial charge is 0.346 e. The van der Waals surface area contributed by atoms with E-state index in [4.69, 9.17) is 40.0 Å². The molecule has 1 rings (SSSR count). The van der Waals surface area contributed by atoms with Gasteiger partial charge in [-0.3, -0.25) is 0 Å². The third kappa shape index (κ3) is 3.50. The SMILES string of the molecule is ClO[Si](OCl)(OCl)OC1CCCCC1. The van der Waals surface area contributed by atoms with Crippen LogP contribution in [0.15, 0.2) is 0 Å². The Labute approximate surface area is 99.3 Å². The molecule has 1 aliphatic rings. The Kier molecular flexibility index (Phi) is 6.03. The third-order valence-electron chi connectivity index (χ3n) is 2.15. The van der Waals surface area contributed by atoms with E-state index in [1.165, 1.54) is 6.42 Å². The first-order valence-corrected chi connectivity index (χ1v) is 6.89. The largest absolute Gasteiger partial charge is 0.730 e. The summed E-state index contributed by atoms with van der Waals surface area (Å²) in [6, 6.07) is 0. The molecule has 1 fully saturated rings. The molecule has 1 saturated carbocycles. The number of halogens is 3. The second kappa shape index (κ2) is 6.50. The first-order valence-electron chi connectivity index (χ1n) is 4.33. The van der Waals surface area contributed by atoms with Crippen molar-refractivity contribution in [1.29, 1.82) is 0 Å². The van der Waals surface area contributed by atoms with Gasteiger partial charge in [-0.25, -0.2) is 11.9 Å². The van der Waals surface area contributed by atoms with E-state index < -0.39 is 9.05 Å². The maximum Gasteiger partial charge on any atom is 0.730 e. The zero-order chi connectivity index (χ0) is 10.4. The van der Waals surface area contributed by atoms with Crippen LogP contribution in [0.2, 0.25) is 0 Å². The lowest BCUT2D eigenvalue weighted by Gasteiger charge is -2.27. The summed E-state index contributed by atoms with van der Waals surface area (Å²) in [5, 5.41) is 0. The second-order valence-corrected chi connectivity index (χ2v) is 6.20. The van der Waals surface area contributed by atoms with E-state index in [-0.39, 0.29) is 6.10 Å². The molecule has 0 atom stereocenters. The fourth-order valence-electron chi connectivity index (χ4n) is 1.48. The lowest BCUT2D eigenvalue weighted by Crippen LogP contribution is -2.45. The minimum Gasteiger partial charge on any atom is -0.346 e. The van der Waals surface area contributed by atoms with Crippen LogP contribution in [0.1, 0.15) is 32.1 Å². The first kappa shape index (κ1) is 13.0. The molecule has 0 radical (unpaired) electrons. The molecule has 84 valence electrons. The third-order valence-corrected chi connectivity index (χ3v) is 5.04. The van der Waals surface area contributed by atoms with Crippen molar-refractivity contribution in [1.82, 2.24) is 0 Å². The van der Waals surface area contributed by atoms with Crippen LogP contribution in [0.25, 0.3) is 0 Å². The van der Waals surface area contributed by atoms with Crippen molar-refractivity contribution in [2.24, 2.45) is 0 Å². The molecule has 0 amide bonds. The summed E-state index contributed by atoms with van der Waals surface area (Å²) < 4.78 is 18.7. The van der Waals surface area contributed by atoms with Crippen molar-refractivity contribution in [3.8, 4) is 0 Å². The topological polar surface area (TPSA) is 36.9 Å². The molecule has 0 aromatic rings. The molecule has 0 saturated heterocycles. The van der Waals surface area contributed by atoms with Crippen molar-refractivity contribution < 1.29 is 16.4 Å². The van der Waals surface area contributed by atoms with E-state index in [2.05, 4.69) is 11.9 Å². The second-order valence-electron chi connectivity index (χ2n) is 3.11. The zero-order valence-electron chi connectivity index (χ0n) is 7.38. The van der Waals surface area contributed by atoms with E-state index in [1.54, 1.807) is 0 Å². The van der Waals surface area contributed by atoms with E-state index in [9.17, 15) is 0 Å². The molecule has 0 aromatic heterocycles. The maximum absolute atomic E-state index is 5.40. The van der Waals surface area contributed by atoms with Crippen LogP contribution in [0, 0.1) is 0 Å². The zero-order valence-corrected chi connectivity index (χ0v) is 10.6. The fraction of sp³-hybridized carbons (Fsp3) is 1.00. The highest BCUT2D eigenvalue weighted by Gasteiger charge is 2.50. The van der Waals surface area contributed by atoms with Gasteiger partial charge in [-0.05, 0) is 12.8 Å². The maximum atomic E-state index is 5.40. The highest BCUT2D eigenvalue weighted by Crippen LogP contribution is 2.27. The number of hydrogen-bond acceptors (Lipinski definition) is 4. The Morgan fingerprint density at radius 3 is 1.79 bits per heavy atom. The molecule has 14 heavy (non-hydrogen) atoms. The average molecular weight is 282 g/mol. The van der Waals surface area contributed by atoms with E-state index in [0.29, 0.717) is 0 Å². The van der Waals surface area contributed by atoms with Crippen molar-refractivity contribution in [3.63, 3.8) is 0 Å². The first-order chi connectivity index (χ1) is 6.76. The van der Waals surface area contributed by atoms with E-state index in [1.807, 2.05) is 0 Å². The summed E-state index contributed by atoms with van der Waals surface area (Å²) >= 11 is 15.5. The van der Waals surface area contributed by atoms with Gasteiger partial charge in [0.25, 0.3) is 0 Å². The standard InChI is InChI=1S/C6H11Cl3O4Si/c7-11-14(12-8,13-9)10-6-4-2-1-3-5-6/h6H,1-5H2. The highest BCUT2D eigenvalue weighted by molar-refractivity contribution is 6.65. The molecule has 0 spiro atoms. The molecule has 8 heteroatoms. The molecule has 0 unspecified atom stereocenters. The normalized spacial score (nSPS) is 19.9. The highest BCUT2D eigenvalue weighted by atomic mass is 35.5. The van der Waals surface area contributed by atoms with Crippen LogP contribution in [0.4, 0.5) is 0 Å². The molecular weight excluding hydrogens is 271 g/mol. The summed E-state index contributed by atoms with van der Waals surface area (Å²) in [7, 11) is -3.51. The van der Waals surface area contributed by atoms with Gasteiger partial charge in [0, 0.05) is 0 Å². The van der Waals surface area contributed by atoms with E-state index >= 15 is 0 Å². The van der Waals surface area contributed by atoms with Gasteiger partial charge in [-0.2, -0.15) is 0 Å². The molecule has 4 nitrogen and oxygen atoms in total. The summed E-state index contributed by atoms with van der Waals surface area (Å²) in [6.45, 7) is 0. The summed E-state index contributed by atoms with van der Waals surface area (Å²) in [6.07, 6.45) is 5.22. The van der Waals surface area contributed by atoms with Gasteiger partial charge in [-0.15, -0.1) is 0 Å². The summed E-state index contributed by atoms with van der Waals surface area (Å²) in [4.78, 5) is 0. The van der Waals surface area contributed by atoms with Gasteiger partial charge in [0.2, 0.25) is 0 Å². The summed E-state index contributed by atoms with van der Waals surface area (Å²) in [5.41, 5.74) is 0. The van der Waals surface area contributed by atoms with Crippen LogP contribution in [0.5, 0.6) is 0 Å². The van der Waals surface area contributed by atoms with Crippen LogP contribution in [-0.4, -0.2) is 15.2 Å². The Bertz CT molecular complexity index is 155. The quantitative estimate of drug-likeness (QED) is 0.725. The average Bonchev–Trinajstić information content (AvgIpc) is 2.28. The van der Waals surface area contributed by atoms with Crippen molar-refractivity contribution in [2.45, 2.75) is 38.2 Å². The predicted molar refractivity (Wildman–Crippen MR) is 54.5 cm³/mol. The minimum absolute atomic E-state index is 0.00772. The predicted octanol–water partition coefficient (Wildman–Crippen LogP) is 3.28. The van der Waals surface area contributed by atoms with Gasteiger partial charge in [0.15, 0.2) is 0 Å². The Balaban J connectivity index is 2.44.